The second-order valence-electron chi connectivity index (χ2n) is 30.5. The van der Waals surface area contributed by atoms with E-state index in [9.17, 15) is 74.0 Å². The molecule has 4 heterocycles. The van der Waals surface area contributed by atoms with Crippen LogP contribution in [0.4, 0.5) is 26.3 Å². The van der Waals surface area contributed by atoms with Crippen molar-refractivity contribution in [2.45, 2.75) is 79.0 Å². The van der Waals surface area contributed by atoms with Gasteiger partial charge in [0.25, 0.3) is 23.3 Å². The van der Waals surface area contributed by atoms with Gasteiger partial charge in [-0.05, 0) is 150 Å². The number of methoxy groups -OCH3 is 3. The number of benzene rings is 10. The molecule has 26 nitrogen and oxygen atoms in total. The van der Waals surface area contributed by atoms with Crippen molar-refractivity contribution >= 4 is 129 Å². The van der Waals surface area contributed by atoms with Gasteiger partial charge in [-0.1, -0.05) is 132 Å². The fraction of sp³-hybridized carbons (Fsp3) is 0.163. The smallest absolute Gasteiger partial charge is 0.330 e. The number of nitrogens with one attached hydrogen (secondary N) is 3. The van der Waals surface area contributed by atoms with Crippen LogP contribution in [-0.4, -0.2) is 122 Å². The van der Waals surface area contributed by atoms with Gasteiger partial charge in [-0.15, -0.1) is 0 Å². The number of sulfone groups is 2. The number of ether oxygens (including phenoxy) is 3. The summed E-state index contributed by atoms with van der Waals surface area (Å²) in [7, 11) is -1.62. The minimum absolute atomic E-state index is 0.0255. The Hall–Kier alpha value is -15.1. The van der Waals surface area contributed by atoms with Crippen LogP contribution in [-0.2, 0) is 104 Å². The Kier molecular flexibility index (Phi) is 31.3. The fourth-order valence-electron chi connectivity index (χ4n) is 15.1. The van der Waals surface area contributed by atoms with Crippen molar-refractivity contribution in [1.29, 1.82) is 10.5 Å². The molecule has 37 heteroatoms. The Morgan fingerprint density at radius 1 is 0.422 bits per heavy atom. The number of ketones is 1. The first kappa shape index (κ1) is 99.0. The Labute approximate surface area is 781 Å². The predicted molar refractivity (Wildman–Crippen MR) is 490 cm³/mol. The van der Waals surface area contributed by atoms with Crippen LogP contribution in [0, 0.1) is 64.5 Å². The molecule has 0 unspecified atom stereocenters. The highest BCUT2D eigenvalue weighted by molar-refractivity contribution is 7.91. The molecular formula is C98H75Cl3F6N10O16S2. The van der Waals surface area contributed by atoms with Crippen molar-refractivity contribution in [3.63, 3.8) is 0 Å². The minimum Gasteiger partial charge on any atom is -0.467 e. The highest BCUT2D eigenvalue weighted by Crippen LogP contribution is 2.41. The number of nitrogens with zero attached hydrogens (tertiary/aromatic N) is 7. The number of fused-ring (bicyclic) bond motifs is 3. The summed E-state index contributed by atoms with van der Waals surface area (Å²) < 4.78 is 158. The molecule has 0 spiro atoms. The zero-order valence-electron chi connectivity index (χ0n) is 72.1. The van der Waals surface area contributed by atoms with Gasteiger partial charge in [0.15, 0.2) is 19.7 Å². The maximum Gasteiger partial charge on any atom is 0.330 e. The van der Waals surface area contributed by atoms with E-state index in [4.69, 9.17) is 54.3 Å². The van der Waals surface area contributed by atoms with Gasteiger partial charge in [-0.3, -0.25) is 43.5 Å². The molecule has 3 amide bonds. The third-order valence-electron chi connectivity index (χ3n) is 21.6. The summed E-state index contributed by atoms with van der Waals surface area (Å²) in [5, 5.41) is 28.0. The zero-order valence-corrected chi connectivity index (χ0v) is 76.0. The molecule has 0 aliphatic heterocycles. The topological polar surface area (TPSA) is 382 Å². The molecule has 14 rings (SSSR count). The quantitative estimate of drug-likeness (QED) is 0.0257. The monoisotopic (exact) mass is 1930 g/mol. The van der Waals surface area contributed by atoms with Crippen molar-refractivity contribution in [2.24, 2.45) is 14.1 Å². The molecule has 0 saturated heterocycles. The molecule has 0 aliphatic rings. The van der Waals surface area contributed by atoms with Crippen molar-refractivity contribution in [2.75, 3.05) is 21.3 Å². The lowest BCUT2D eigenvalue weighted by Gasteiger charge is -2.19. The summed E-state index contributed by atoms with van der Waals surface area (Å²) in [5.41, 5.74) is 2.85. The molecule has 0 saturated carbocycles. The first-order valence-electron chi connectivity index (χ1n) is 40.4. The van der Waals surface area contributed by atoms with E-state index >= 15 is 17.6 Å². The van der Waals surface area contributed by atoms with Crippen molar-refractivity contribution < 1.29 is 91.0 Å². The summed E-state index contributed by atoms with van der Waals surface area (Å²) in [4.78, 5) is 128. The molecule has 135 heavy (non-hydrogen) atoms. The lowest BCUT2D eigenvalue weighted by Crippen LogP contribution is -2.43. The number of pyridine rings is 3. The number of hydrogen-bond donors (Lipinski definition) is 3. The number of hydrogen-bond acceptors (Lipinski definition) is 21. The molecule has 0 bridgehead atoms. The van der Waals surface area contributed by atoms with Gasteiger partial charge >= 0.3 is 23.6 Å². The highest BCUT2D eigenvalue weighted by Gasteiger charge is 2.34. The van der Waals surface area contributed by atoms with Crippen molar-refractivity contribution in [1.82, 2.24) is 40.0 Å². The van der Waals surface area contributed by atoms with Gasteiger partial charge in [0.1, 0.15) is 75.5 Å². The van der Waals surface area contributed by atoms with Crippen LogP contribution in [0.15, 0.2) is 238 Å². The zero-order chi connectivity index (χ0) is 97.8. The van der Waals surface area contributed by atoms with Gasteiger partial charge in [-0.25, -0.2) is 62.4 Å². The summed E-state index contributed by atoms with van der Waals surface area (Å²) in [6, 6.07) is 47.7. The van der Waals surface area contributed by atoms with E-state index in [2.05, 4.69) is 30.9 Å². The first-order valence-corrected chi connectivity index (χ1v) is 44.9. The SMILES string of the molecule is COC(=O)[C@H](Cc1ccc(-c2c(C)n(C)c(=O)n(C)c2=O)c2ncccc12)NC(=O)c1c(F)cc(CS(=O)(=O)c2ccccc2)cc1F.COC(=O)[C@H](Cc1ccc(-c2c(Cl)cc(C#N)cc2Cl)c2ncccc12)NC(=O)c1c(F)cc(CS(=O)(=O)c2ccccc2)cc1F.COC(=O)[C@H](Cc1ccc(-c2ccc(C#N)cc2Cl)c2ncccc12)NC(=O)c1c(F)cc(CC(C)=O)cc1F. The Morgan fingerprint density at radius 2 is 0.756 bits per heavy atom. The lowest BCUT2D eigenvalue weighted by atomic mass is 9.94. The Bertz CT molecular complexity index is 7530. The number of halogens is 9. The van der Waals surface area contributed by atoms with Gasteiger partial charge < -0.3 is 34.7 Å². The number of nitriles is 2. The van der Waals surface area contributed by atoms with E-state index in [1.54, 1.807) is 129 Å². The first-order chi connectivity index (χ1) is 64.3. The molecule has 3 atom stereocenters. The van der Waals surface area contributed by atoms with E-state index in [0.717, 1.165) is 62.3 Å². The molecule has 0 aliphatic carbocycles. The van der Waals surface area contributed by atoms with Gasteiger partial charge in [-0.2, -0.15) is 10.5 Å². The van der Waals surface area contributed by atoms with E-state index in [-0.39, 0.29) is 79.1 Å². The van der Waals surface area contributed by atoms with Crippen molar-refractivity contribution in [3.05, 3.63) is 356 Å². The van der Waals surface area contributed by atoms with Crippen LogP contribution < -0.4 is 27.2 Å². The van der Waals surface area contributed by atoms with E-state index in [0.29, 0.717) is 93.5 Å². The Morgan fingerprint density at radius 3 is 1.10 bits per heavy atom. The van der Waals surface area contributed by atoms with Crippen LogP contribution in [0.25, 0.3) is 66.1 Å². The largest absolute Gasteiger partial charge is 0.467 e. The van der Waals surface area contributed by atoms with Crippen molar-refractivity contribution in [3.8, 4) is 45.5 Å². The molecule has 4 aromatic heterocycles. The summed E-state index contributed by atoms with van der Waals surface area (Å²) >= 11 is 19.4. The summed E-state index contributed by atoms with van der Waals surface area (Å²) in [5.74, 6) is -15.5. The molecule has 14 aromatic rings. The fourth-order valence-corrected chi connectivity index (χ4v) is 18.8. The van der Waals surface area contributed by atoms with E-state index < -0.39 is 148 Å². The van der Waals surface area contributed by atoms with Crippen LogP contribution in [0.2, 0.25) is 15.1 Å². The van der Waals surface area contributed by atoms with Crippen LogP contribution in [0.1, 0.15) is 88.2 Å². The van der Waals surface area contributed by atoms with Crippen LogP contribution in [0.5, 0.6) is 0 Å². The van der Waals surface area contributed by atoms with Crippen LogP contribution >= 0.6 is 34.8 Å². The maximum atomic E-state index is 15.2. The number of aromatic nitrogens is 5. The number of Topliss-reactive ketones (excluding diaryl/α,β-unsaturated/α-hetero) is 1. The number of rotatable bonds is 26. The van der Waals surface area contributed by atoms with E-state index in [1.807, 2.05) is 12.1 Å². The second-order valence-corrected chi connectivity index (χ2v) is 35.7. The molecule has 10 aromatic carbocycles. The average Bonchev–Trinajstić information content (AvgIpc) is 0.752. The summed E-state index contributed by atoms with van der Waals surface area (Å²) in [6.07, 6.45) is 4.03. The number of amides is 3. The van der Waals surface area contributed by atoms with Gasteiger partial charge in [0.05, 0.1) is 98.1 Å². The van der Waals surface area contributed by atoms with E-state index in [1.165, 1.54) is 85.4 Å². The molecule has 3 N–H and O–H groups in total. The predicted octanol–water partition coefficient (Wildman–Crippen LogP) is 15.6. The van der Waals surface area contributed by atoms with Crippen LogP contribution in [0.3, 0.4) is 0 Å². The third-order valence-corrected chi connectivity index (χ3v) is 26.0. The normalized spacial score (nSPS) is 11.9. The molecule has 0 radical (unpaired) electrons. The third kappa shape index (κ3) is 22.3. The highest BCUT2D eigenvalue weighted by atomic mass is 35.5. The maximum absolute atomic E-state index is 15.2. The second kappa shape index (κ2) is 42.6. The minimum atomic E-state index is -3.93. The standard InChI is InChI=1S/C34H23Cl2F2N3O5S.C34H30F2N4O7S.C30H22ClF2N3O4/c1-46-34(43)29(41-33(42)31-27(37)14-20(15-28(31)38)18-47(44,45)22-6-3-2-4-7-22)16-21-9-10-24(32-23(21)8-5-11-40-32)30-25(35)12-19(17-39)13-26(30)36;1-19-28(32(42)40(3)34(44)39(19)2)24-13-12-21(23-11-8-14-37-30(23)24)17-27(33(43)47-4)38-31(41)29-25(35)15-20(16-26(29)36)18-48(45,46)22-9-6-5-7-10-22;1-16(37)10-18-12-24(32)27(25(33)13-18)29(38)36-26(30(39)40-2)14-19-6-8-22(28-20(19)4-3-9-35-28)21-7-5-17(15-34)11-23(21)31/h2-15,29H,16,18H2,1H3,(H,41,42);5-16,27H,17-18H2,1-4H3,(H,38,41);3-9,11-13,26H,10,14H2,1-2H3,(H,36,38)/t29-;27-;26-/m000/s1. The summed E-state index contributed by atoms with van der Waals surface area (Å²) in [6.45, 7) is 2.92. The number of esters is 3. The molecular weight excluding hydrogens is 1860 g/mol. The lowest BCUT2D eigenvalue weighted by molar-refractivity contribution is -0.143. The molecule has 0 fully saturated rings. The molecule has 688 valence electrons. The number of carbonyl (C=O) groups excluding carboxylic acids is 7. The Balaban J connectivity index is 0.000000183. The van der Waals surface area contributed by atoms with Gasteiger partial charge in [0, 0.05) is 113 Å². The number of carbonyl (C=O) groups is 7. The average molecular weight is 1930 g/mol. The van der Waals surface area contributed by atoms with Gasteiger partial charge in [0.2, 0.25) is 0 Å².